The van der Waals surface area contributed by atoms with E-state index in [0.29, 0.717) is 12.2 Å². The molecule has 1 fully saturated rings. The molecule has 1 aliphatic carbocycles. The van der Waals surface area contributed by atoms with Crippen LogP contribution >= 0.6 is 0 Å². The number of aryl methyl sites for hydroxylation is 1. The number of rotatable bonds is 4. The molecule has 0 bridgehead atoms. The van der Waals surface area contributed by atoms with E-state index in [1.54, 1.807) is 10.9 Å². The molecule has 5 rings (SSSR count). The van der Waals surface area contributed by atoms with E-state index in [-0.39, 0.29) is 5.54 Å². The fourth-order valence-electron chi connectivity index (χ4n) is 4.03. The predicted molar refractivity (Wildman–Crippen MR) is 105 cm³/mol. The maximum absolute atomic E-state index is 9.26. The van der Waals surface area contributed by atoms with Crippen LogP contribution in [0.3, 0.4) is 0 Å². The van der Waals surface area contributed by atoms with Crippen LogP contribution in [0.15, 0.2) is 43.1 Å². The van der Waals surface area contributed by atoms with E-state index in [1.807, 2.05) is 47.1 Å². The molecular weight excluding hydrogens is 352 g/mol. The van der Waals surface area contributed by atoms with Gasteiger partial charge in [-0.15, -0.1) is 0 Å². The summed E-state index contributed by atoms with van der Waals surface area (Å²) >= 11 is 0. The van der Waals surface area contributed by atoms with Gasteiger partial charge in [0.15, 0.2) is 5.82 Å². The van der Waals surface area contributed by atoms with Crippen molar-refractivity contribution in [3.63, 3.8) is 0 Å². The van der Waals surface area contributed by atoms with Crippen LogP contribution in [0, 0.1) is 11.3 Å². The molecule has 0 radical (unpaired) electrons. The van der Waals surface area contributed by atoms with Gasteiger partial charge in [-0.25, -0.2) is 4.52 Å². The van der Waals surface area contributed by atoms with Gasteiger partial charge in [0, 0.05) is 54.1 Å². The minimum atomic E-state index is -0.224. The molecule has 1 aliphatic rings. The van der Waals surface area contributed by atoms with E-state index in [4.69, 9.17) is 5.73 Å². The Balaban J connectivity index is 1.67. The number of nitrogens with zero attached hydrogens (tertiary/aromatic N) is 7. The zero-order chi connectivity index (χ0) is 19.3. The SMILES string of the molecule is Cn1cc(-c2cc(-c3cn(C4(CC#N)CCC4)nc3N)c3ccnn3c2)cn1. The van der Waals surface area contributed by atoms with Crippen molar-refractivity contribution >= 4 is 11.3 Å². The van der Waals surface area contributed by atoms with Gasteiger partial charge in [0.05, 0.1) is 29.7 Å². The summed E-state index contributed by atoms with van der Waals surface area (Å²) in [7, 11) is 1.89. The topological polar surface area (TPSA) is 103 Å². The first kappa shape index (κ1) is 16.6. The van der Waals surface area contributed by atoms with E-state index in [1.165, 1.54) is 0 Å². The number of hydrogen-bond acceptors (Lipinski definition) is 5. The summed E-state index contributed by atoms with van der Waals surface area (Å²) in [5.41, 5.74) is 10.9. The summed E-state index contributed by atoms with van der Waals surface area (Å²) in [6, 6.07) is 6.38. The summed E-state index contributed by atoms with van der Waals surface area (Å²) in [5.74, 6) is 0.468. The van der Waals surface area contributed by atoms with Gasteiger partial charge < -0.3 is 5.73 Å². The first-order valence-electron chi connectivity index (χ1n) is 9.29. The second-order valence-electron chi connectivity index (χ2n) is 7.49. The van der Waals surface area contributed by atoms with Gasteiger partial charge in [-0.05, 0) is 31.4 Å². The molecule has 0 aliphatic heterocycles. The normalized spacial score (nSPS) is 15.4. The monoisotopic (exact) mass is 372 g/mol. The van der Waals surface area contributed by atoms with Crippen LogP contribution in [0.1, 0.15) is 25.7 Å². The standard InChI is InChI=1S/C20H20N8/c1-26-11-15(10-24-26)14-9-16(18-3-8-23-27(18)12-14)17-13-28(25-19(17)22)20(6-7-21)4-2-5-20/h3,8-13H,2,4-6H2,1H3,(H2,22,25). The number of anilines is 1. The molecule has 8 heteroatoms. The number of aromatic nitrogens is 6. The first-order chi connectivity index (χ1) is 13.6. The number of pyridine rings is 1. The number of hydrogen-bond donors (Lipinski definition) is 1. The minimum absolute atomic E-state index is 0.224. The molecule has 140 valence electrons. The van der Waals surface area contributed by atoms with E-state index in [0.717, 1.165) is 47.0 Å². The Morgan fingerprint density at radius 1 is 1.18 bits per heavy atom. The van der Waals surface area contributed by atoms with Crippen LogP contribution in [-0.2, 0) is 12.6 Å². The fourth-order valence-corrected chi connectivity index (χ4v) is 4.03. The molecule has 4 heterocycles. The van der Waals surface area contributed by atoms with Crippen LogP contribution in [-0.4, -0.2) is 29.2 Å². The third kappa shape index (κ3) is 2.40. The molecule has 0 aromatic carbocycles. The Kier molecular flexibility index (Phi) is 3.52. The van der Waals surface area contributed by atoms with Gasteiger partial charge in [0.25, 0.3) is 0 Å². The Bertz CT molecular complexity index is 1210. The highest BCUT2D eigenvalue weighted by atomic mass is 15.3. The lowest BCUT2D eigenvalue weighted by molar-refractivity contribution is 0.130. The predicted octanol–water partition coefficient (Wildman–Crippen LogP) is 2.97. The van der Waals surface area contributed by atoms with Gasteiger partial charge >= 0.3 is 0 Å². The lowest BCUT2D eigenvalue weighted by Crippen LogP contribution is -2.40. The molecule has 8 nitrogen and oxygen atoms in total. The Hall–Kier alpha value is -3.60. The van der Waals surface area contributed by atoms with Gasteiger partial charge in [0.2, 0.25) is 0 Å². The molecule has 0 unspecified atom stereocenters. The van der Waals surface area contributed by atoms with Crippen molar-refractivity contribution < 1.29 is 0 Å². The minimum Gasteiger partial charge on any atom is -0.382 e. The van der Waals surface area contributed by atoms with Crippen LogP contribution in [0.2, 0.25) is 0 Å². The average Bonchev–Trinajstić information content (AvgIpc) is 3.37. The molecule has 4 aromatic heterocycles. The molecule has 0 spiro atoms. The fraction of sp³-hybridized carbons (Fsp3) is 0.300. The first-order valence-corrected chi connectivity index (χ1v) is 9.29. The highest BCUT2D eigenvalue weighted by Gasteiger charge is 2.40. The van der Waals surface area contributed by atoms with Crippen LogP contribution in [0.4, 0.5) is 5.82 Å². The van der Waals surface area contributed by atoms with Crippen LogP contribution < -0.4 is 5.73 Å². The van der Waals surface area contributed by atoms with E-state index < -0.39 is 0 Å². The maximum atomic E-state index is 9.26. The summed E-state index contributed by atoms with van der Waals surface area (Å²) in [6.45, 7) is 0. The Labute approximate surface area is 161 Å². The summed E-state index contributed by atoms with van der Waals surface area (Å²) in [4.78, 5) is 0. The summed E-state index contributed by atoms with van der Waals surface area (Å²) in [6.07, 6.45) is 13.0. The molecule has 1 saturated carbocycles. The second-order valence-corrected chi connectivity index (χ2v) is 7.49. The van der Waals surface area contributed by atoms with Crippen molar-refractivity contribution in [1.29, 1.82) is 5.26 Å². The van der Waals surface area contributed by atoms with Crippen LogP contribution in [0.5, 0.6) is 0 Å². The third-order valence-corrected chi connectivity index (χ3v) is 5.76. The lowest BCUT2D eigenvalue weighted by atomic mass is 9.75. The van der Waals surface area contributed by atoms with E-state index in [2.05, 4.69) is 27.4 Å². The molecule has 2 N–H and O–H groups in total. The molecular formula is C20H20N8. The highest BCUT2D eigenvalue weighted by molar-refractivity contribution is 5.88. The van der Waals surface area contributed by atoms with Crippen molar-refractivity contribution in [2.24, 2.45) is 7.05 Å². The second kappa shape index (κ2) is 5.96. The van der Waals surface area contributed by atoms with Gasteiger partial charge in [-0.3, -0.25) is 9.36 Å². The van der Waals surface area contributed by atoms with Gasteiger partial charge in [-0.2, -0.15) is 20.6 Å². The van der Waals surface area contributed by atoms with Gasteiger partial charge in [-0.1, -0.05) is 0 Å². The lowest BCUT2D eigenvalue weighted by Gasteiger charge is -2.40. The zero-order valence-electron chi connectivity index (χ0n) is 15.6. The van der Waals surface area contributed by atoms with Crippen molar-refractivity contribution in [3.05, 3.63) is 43.1 Å². The largest absolute Gasteiger partial charge is 0.382 e. The smallest absolute Gasteiger partial charge is 0.153 e. The molecule has 0 atom stereocenters. The van der Waals surface area contributed by atoms with Crippen molar-refractivity contribution in [2.75, 3.05) is 5.73 Å². The average molecular weight is 372 g/mol. The number of nitrogen functional groups attached to an aromatic ring is 1. The van der Waals surface area contributed by atoms with Crippen LogP contribution in [0.25, 0.3) is 27.8 Å². The van der Waals surface area contributed by atoms with Crippen molar-refractivity contribution in [1.82, 2.24) is 29.2 Å². The molecule has 4 aromatic rings. The van der Waals surface area contributed by atoms with Crippen molar-refractivity contribution in [3.8, 4) is 28.3 Å². The summed E-state index contributed by atoms with van der Waals surface area (Å²) < 4.78 is 5.54. The highest BCUT2D eigenvalue weighted by Crippen LogP contribution is 2.43. The maximum Gasteiger partial charge on any atom is 0.153 e. The van der Waals surface area contributed by atoms with Gasteiger partial charge in [0.1, 0.15) is 0 Å². The Morgan fingerprint density at radius 3 is 2.71 bits per heavy atom. The van der Waals surface area contributed by atoms with E-state index >= 15 is 0 Å². The molecule has 0 amide bonds. The Morgan fingerprint density at radius 2 is 2.04 bits per heavy atom. The third-order valence-electron chi connectivity index (χ3n) is 5.76. The number of nitrogens with two attached hydrogens (primary N) is 1. The quantitative estimate of drug-likeness (QED) is 0.593. The molecule has 28 heavy (non-hydrogen) atoms. The van der Waals surface area contributed by atoms with Crippen molar-refractivity contribution in [2.45, 2.75) is 31.2 Å². The van der Waals surface area contributed by atoms with E-state index in [9.17, 15) is 5.26 Å². The summed E-state index contributed by atoms with van der Waals surface area (Å²) in [5, 5.41) is 22.5. The zero-order valence-corrected chi connectivity index (χ0v) is 15.6. The number of fused-ring (bicyclic) bond motifs is 1. The molecule has 0 saturated heterocycles. The number of nitriles is 1.